The Bertz CT molecular complexity index is 417. The van der Waals surface area contributed by atoms with Gasteiger partial charge in [-0.25, -0.2) is 8.78 Å². The van der Waals surface area contributed by atoms with Gasteiger partial charge in [-0.3, -0.25) is 4.90 Å². The molecule has 0 aromatic heterocycles. The zero-order valence-corrected chi connectivity index (χ0v) is 11.6. The lowest BCUT2D eigenvalue weighted by atomic mass is 10.1. The highest BCUT2D eigenvalue weighted by molar-refractivity contribution is 5.20. The van der Waals surface area contributed by atoms with Crippen molar-refractivity contribution < 1.29 is 8.78 Å². The van der Waals surface area contributed by atoms with Gasteiger partial charge >= 0.3 is 0 Å². The molecule has 1 aliphatic rings. The van der Waals surface area contributed by atoms with E-state index >= 15 is 0 Å². The van der Waals surface area contributed by atoms with Gasteiger partial charge in [-0.15, -0.1) is 0 Å². The number of nitrogens with zero attached hydrogens (tertiary/aromatic N) is 1. The monoisotopic (exact) mass is 268 g/mol. The Labute approximate surface area is 113 Å². The smallest absolute Gasteiger partial charge is 0.159 e. The summed E-state index contributed by atoms with van der Waals surface area (Å²) in [5.74, 6) is -1.57. The van der Waals surface area contributed by atoms with Gasteiger partial charge in [-0.1, -0.05) is 6.07 Å². The topological polar surface area (TPSA) is 15.3 Å². The van der Waals surface area contributed by atoms with Crippen LogP contribution >= 0.6 is 0 Å². The van der Waals surface area contributed by atoms with Crippen LogP contribution in [0.25, 0.3) is 0 Å². The molecule has 1 N–H and O–H groups in total. The lowest BCUT2D eigenvalue weighted by Crippen LogP contribution is -2.39. The lowest BCUT2D eigenvalue weighted by Gasteiger charge is -2.26. The first-order valence-corrected chi connectivity index (χ1v) is 7.00. The van der Waals surface area contributed by atoms with Crippen molar-refractivity contribution in [2.24, 2.45) is 0 Å². The summed E-state index contributed by atoms with van der Waals surface area (Å²) in [6.07, 6.45) is 2.56. The van der Waals surface area contributed by atoms with Crippen LogP contribution in [0.2, 0.25) is 0 Å². The molecule has 0 aliphatic carbocycles. The molecule has 0 spiro atoms. The largest absolute Gasteiger partial charge is 0.309 e. The minimum atomic E-state index is -0.790. The van der Waals surface area contributed by atoms with Gasteiger partial charge in [0.25, 0.3) is 0 Å². The summed E-state index contributed by atoms with van der Waals surface area (Å²) >= 11 is 0. The maximum atomic E-state index is 13.2. The normalized spacial score (nSPS) is 19.6. The summed E-state index contributed by atoms with van der Waals surface area (Å²) in [7, 11) is 0. The molecule has 1 saturated heterocycles. The van der Waals surface area contributed by atoms with Gasteiger partial charge in [0.15, 0.2) is 11.6 Å². The van der Waals surface area contributed by atoms with Crippen LogP contribution in [-0.2, 0) is 0 Å². The van der Waals surface area contributed by atoms with Gasteiger partial charge in [0.1, 0.15) is 0 Å². The molecule has 1 heterocycles. The number of halogens is 2. The molecule has 2 nitrogen and oxygen atoms in total. The van der Waals surface area contributed by atoms with Crippen LogP contribution in [0.1, 0.15) is 38.3 Å². The fourth-order valence-corrected chi connectivity index (χ4v) is 2.56. The van der Waals surface area contributed by atoms with Crippen molar-refractivity contribution in [3.05, 3.63) is 35.4 Å². The molecule has 1 fully saturated rings. The molecule has 0 radical (unpaired) electrons. The highest BCUT2D eigenvalue weighted by Gasteiger charge is 2.18. The van der Waals surface area contributed by atoms with Crippen molar-refractivity contribution in [1.82, 2.24) is 10.2 Å². The van der Waals surface area contributed by atoms with E-state index in [-0.39, 0.29) is 6.04 Å². The Morgan fingerprint density at radius 1 is 1.16 bits per heavy atom. The van der Waals surface area contributed by atoms with Gasteiger partial charge in [0.05, 0.1) is 0 Å². The standard InChI is InChI=1S/C15H22F2N2/c1-11(19-7-3-4-8-19)10-18-12(2)13-5-6-14(16)15(17)9-13/h5-6,9,11-12,18H,3-4,7-8,10H2,1-2H3. The summed E-state index contributed by atoms with van der Waals surface area (Å²) < 4.78 is 26.1. The Morgan fingerprint density at radius 2 is 1.84 bits per heavy atom. The maximum Gasteiger partial charge on any atom is 0.159 e. The van der Waals surface area contributed by atoms with E-state index in [2.05, 4.69) is 17.1 Å². The zero-order chi connectivity index (χ0) is 13.8. The number of hydrogen-bond donors (Lipinski definition) is 1. The first-order chi connectivity index (χ1) is 9.08. The van der Waals surface area contributed by atoms with Crippen LogP contribution < -0.4 is 5.32 Å². The second-order valence-electron chi connectivity index (χ2n) is 5.40. The molecular formula is C15H22F2N2. The van der Waals surface area contributed by atoms with E-state index in [1.165, 1.54) is 38.1 Å². The third-order valence-electron chi connectivity index (χ3n) is 3.93. The van der Waals surface area contributed by atoms with Crippen LogP contribution in [0.15, 0.2) is 18.2 Å². The van der Waals surface area contributed by atoms with E-state index in [0.29, 0.717) is 6.04 Å². The Morgan fingerprint density at radius 3 is 2.47 bits per heavy atom. The average Bonchev–Trinajstić information content (AvgIpc) is 2.92. The molecule has 19 heavy (non-hydrogen) atoms. The molecule has 0 saturated carbocycles. The second-order valence-corrected chi connectivity index (χ2v) is 5.40. The molecule has 2 atom stereocenters. The van der Waals surface area contributed by atoms with E-state index in [1.54, 1.807) is 6.07 Å². The van der Waals surface area contributed by atoms with E-state index in [4.69, 9.17) is 0 Å². The van der Waals surface area contributed by atoms with Gasteiger partial charge in [0, 0.05) is 18.6 Å². The zero-order valence-electron chi connectivity index (χ0n) is 11.6. The van der Waals surface area contributed by atoms with Gasteiger partial charge < -0.3 is 5.32 Å². The molecule has 4 heteroatoms. The summed E-state index contributed by atoms with van der Waals surface area (Å²) in [5, 5.41) is 3.39. The summed E-state index contributed by atoms with van der Waals surface area (Å²) in [6.45, 7) is 7.38. The number of benzene rings is 1. The summed E-state index contributed by atoms with van der Waals surface area (Å²) in [6, 6.07) is 4.60. The minimum Gasteiger partial charge on any atom is -0.309 e. The predicted octanol–water partition coefficient (Wildman–Crippen LogP) is 3.10. The van der Waals surface area contributed by atoms with Crippen molar-refractivity contribution in [3.8, 4) is 0 Å². The SMILES string of the molecule is CC(NCC(C)N1CCCC1)c1ccc(F)c(F)c1. The van der Waals surface area contributed by atoms with E-state index in [9.17, 15) is 8.78 Å². The summed E-state index contributed by atoms with van der Waals surface area (Å²) in [5.41, 5.74) is 0.785. The van der Waals surface area contributed by atoms with E-state index < -0.39 is 11.6 Å². The summed E-state index contributed by atoms with van der Waals surface area (Å²) in [4.78, 5) is 2.46. The van der Waals surface area contributed by atoms with Crippen LogP contribution in [-0.4, -0.2) is 30.6 Å². The predicted molar refractivity (Wildman–Crippen MR) is 73.0 cm³/mol. The second kappa shape index (κ2) is 6.44. The van der Waals surface area contributed by atoms with E-state index in [0.717, 1.165) is 12.1 Å². The first kappa shape index (κ1) is 14.4. The van der Waals surface area contributed by atoms with Crippen LogP contribution in [0.3, 0.4) is 0 Å². The van der Waals surface area contributed by atoms with Crippen molar-refractivity contribution in [3.63, 3.8) is 0 Å². The Balaban J connectivity index is 1.86. The van der Waals surface area contributed by atoms with Crippen molar-refractivity contribution in [2.45, 2.75) is 38.8 Å². The molecule has 2 rings (SSSR count). The average molecular weight is 268 g/mol. The number of hydrogen-bond acceptors (Lipinski definition) is 2. The fourth-order valence-electron chi connectivity index (χ4n) is 2.56. The van der Waals surface area contributed by atoms with Crippen molar-refractivity contribution in [2.75, 3.05) is 19.6 Å². The highest BCUT2D eigenvalue weighted by Crippen LogP contribution is 2.17. The molecule has 0 amide bonds. The Hall–Kier alpha value is -1.00. The van der Waals surface area contributed by atoms with Crippen LogP contribution in [0.5, 0.6) is 0 Å². The maximum absolute atomic E-state index is 13.2. The van der Waals surface area contributed by atoms with E-state index in [1.807, 2.05) is 6.92 Å². The lowest BCUT2D eigenvalue weighted by molar-refractivity contribution is 0.247. The first-order valence-electron chi connectivity index (χ1n) is 7.00. The van der Waals surface area contributed by atoms with Crippen LogP contribution in [0, 0.1) is 11.6 Å². The number of nitrogens with one attached hydrogen (secondary N) is 1. The molecule has 1 aromatic rings. The molecule has 106 valence electrons. The quantitative estimate of drug-likeness (QED) is 0.882. The molecule has 2 unspecified atom stereocenters. The van der Waals surface area contributed by atoms with Gasteiger partial charge in [0.2, 0.25) is 0 Å². The molecule has 1 aromatic carbocycles. The minimum absolute atomic E-state index is 0.0279. The number of rotatable bonds is 5. The van der Waals surface area contributed by atoms with Crippen molar-refractivity contribution >= 4 is 0 Å². The van der Waals surface area contributed by atoms with Gasteiger partial charge in [-0.05, 0) is 57.5 Å². The fraction of sp³-hybridized carbons (Fsp3) is 0.600. The third-order valence-corrected chi connectivity index (χ3v) is 3.93. The molecule has 0 bridgehead atoms. The van der Waals surface area contributed by atoms with Crippen LogP contribution in [0.4, 0.5) is 8.78 Å². The third kappa shape index (κ3) is 3.74. The van der Waals surface area contributed by atoms with Gasteiger partial charge in [-0.2, -0.15) is 0 Å². The van der Waals surface area contributed by atoms with Crippen molar-refractivity contribution in [1.29, 1.82) is 0 Å². The molecule has 1 aliphatic heterocycles. The Kier molecular flexibility index (Phi) is 4.88. The highest BCUT2D eigenvalue weighted by atomic mass is 19.2. The molecular weight excluding hydrogens is 246 g/mol. The number of likely N-dealkylation sites (tertiary alicyclic amines) is 1.